The summed E-state index contributed by atoms with van der Waals surface area (Å²) < 4.78 is 40.7. The van der Waals surface area contributed by atoms with E-state index in [9.17, 15) is 13.2 Å². The lowest BCUT2D eigenvalue weighted by molar-refractivity contribution is -0.174. The Labute approximate surface area is 122 Å². The zero-order chi connectivity index (χ0) is 14.7. The second-order valence-electron chi connectivity index (χ2n) is 6.61. The van der Waals surface area contributed by atoms with Gasteiger partial charge in [0.15, 0.2) is 0 Å². The maximum atomic E-state index is 12.0. The number of rotatable bonds is 4. The Bertz CT molecular complexity index is 273. The van der Waals surface area contributed by atoms with Crippen molar-refractivity contribution in [3.8, 4) is 0 Å². The molecule has 1 saturated carbocycles. The van der Waals surface area contributed by atoms with E-state index in [1.807, 2.05) is 0 Å². The summed E-state index contributed by atoms with van der Waals surface area (Å²) in [5.41, 5.74) is 0.276. The van der Waals surface area contributed by atoms with Crippen LogP contribution >= 0.6 is 15.9 Å². The number of hydrogen-bond acceptors (Lipinski definition) is 1. The van der Waals surface area contributed by atoms with Crippen molar-refractivity contribution in [2.24, 2.45) is 17.3 Å². The van der Waals surface area contributed by atoms with Gasteiger partial charge in [0.1, 0.15) is 6.61 Å². The molecule has 0 N–H and O–H groups in total. The maximum Gasteiger partial charge on any atom is 0.411 e. The summed E-state index contributed by atoms with van der Waals surface area (Å²) in [6.45, 7) is 5.79. The average molecular weight is 345 g/mol. The first-order valence-electron chi connectivity index (χ1n) is 6.88. The van der Waals surface area contributed by atoms with Crippen molar-refractivity contribution in [3.05, 3.63) is 0 Å². The smallest absolute Gasteiger partial charge is 0.372 e. The fraction of sp³-hybridized carbons (Fsp3) is 1.00. The third-order valence-electron chi connectivity index (χ3n) is 4.01. The Hall–Kier alpha value is 0.230. The van der Waals surface area contributed by atoms with Crippen LogP contribution in [0.5, 0.6) is 0 Å². The fourth-order valence-corrected chi connectivity index (χ4v) is 3.48. The van der Waals surface area contributed by atoms with E-state index in [0.29, 0.717) is 23.1 Å². The monoisotopic (exact) mass is 344 g/mol. The van der Waals surface area contributed by atoms with Crippen LogP contribution in [0.4, 0.5) is 13.2 Å². The largest absolute Gasteiger partial charge is 0.411 e. The van der Waals surface area contributed by atoms with Crippen molar-refractivity contribution < 1.29 is 17.9 Å². The molecule has 1 fully saturated rings. The molecule has 0 radical (unpaired) electrons. The van der Waals surface area contributed by atoms with Crippen LogP contribution in [0.3, 0.4) is 0 Å². The molecule has 19 heavy (non-hydrogen) atoms. The molecule has 0 heterocycles. The van der Waals surface area contributed by atoms with Crippen LogP contribution in [-0.4, -0.2) is 24.2 Å². The lowest BCUT2D eigenvalue weighted by Crippen LogP contribution is -2.33. The lowest BCUT2D eigenvalue weighted by atomic mass is 9.68. The van der Waals surface area contributed by atoms with Gasteiger partial charge in [0.2, 0.25) is 0 Å². The maximum absolute atomic E-state index is 12.0. The standard InChI is InChI=1S/C14H24BrF3O/c1-13(2,3)11-4-5-12(15)10(8-11)6-7-19-9-14(16,17)18/h10-12H,4-9H2,1-3H3. The van der Waals surface area contributed by atoms with E-state index in [-0.39, 0.29) is 12.0 Å². The molecule has 1 aliphatic rings. The van der Waals surface area contributed by atoms with Gasteiger partial charge in [-0.05, 0) is 42.9 Å². The summed E-state index contributed by atoms with van der Waals surface area (Å²) in [4.78, 5) is 0.417. The van der Waals surface area contributed by atoms with Crippen molar-refractivity contribution in [3.63, 3.8) is 0 Å². The van der Waals surface area contributed by atoms with Crippen LogP contribution in [0.25, 0.3) is 0 Å². The van der Waals surface area contributed by atoms with Gasteiger partial charge in [-0.3, -0.25) is 0 Å². The third-order valence-corrected chi connectivity index (χ3v) is 5.22. The van der Waals surface area contributed by atoms with E-state index in [1.54, 1.807) is 0 Å². The molecule has 1 nitrogen and oxygen atoms in total. The number of halogens is 4. The zero-order valence-electron chi connectivity index (χ0n) is 11.9. The Balaban J connectivity index is 2.35. The molecule has 114 valence electrons. The predicted molar refractivity (Wildman–Crippen MR) is 74.5 cm³/mol. The summed E-state index contributed by atoms with van der Waals surface area (Å²) in [5.74, 6) is 1.07. The average Bonchev–Trinajstić information content (AvgIpc) is 2.23. The van der Waals surface area contributed by atoms with Crippen LogP contribution in [0.2, 0.25) is 0 Å². The minimum atomic E-state index is -4.21. The first-order valence-corrected chi connectivity index (χ1v) is 7.79. The van der Waals surface area contributed by atoms with Gasteiger partial charge in [0, 0.05) is 11.4 Å². The quantitative estimate of drug-likeness (QED) is 0.504. The van der Waals surface area contributed by atoms with Crippen molar-refractivity contribution in [1.82, 2.24) is 0 Å². The molecule has 0 aromatic rings. The number of alkyl halides is 4. The fourth-order valence-electron chi connectivity index (χ4n) is 2.73. The Morgan fingerprint density at radius 2 is 1.79 bits per heavy atom. The van der Waals surface area contributed by atoms with Crippen LogP contribution in [0.15, 0.2) is 0 Å². The highest BCUT2D eigenvalue weighted by molar-refractivity contribution is 9.09. The van der Waals surface area contributed by atoms with E-state index >= 15 is 0 Å². The number of ether oxygens (including phenoxy) is 1. The molecule has 0 spiro atoms. The summed E-state index contributed by atoms with van der Waals surface area (Å²) in [6, 6.07) is 0. The molecular formula is C14H24BrF3O. The predicted octanol–water partition coefficient (Wildman–Crippen LogP) is 5.18. The molecule has 5 heteroatoms. The minimum absolute atomic E-state index is 0.198. The zero-order valence-corrected chi connectivity index (χ0v) is 13.5. The van der Waals surface area contributed by atoms with Gasteiger partial charge in [-0.1, -0.05) is 36.7 Å². The molecule has 0 aromatic heterocycles. The van der Waals surface area contributed by atoms with Crippen LogP contribution in [0, 0.1) is 17.3 Å². The van der Waals surface area contributed by atoms with Crippen LogP contribution in [-0.2, 0) is 4.74 Å². The normalized spacial score (nSPS) is 29.5. The lowest BCUT2D eigenvalue weighted by Gasteiger charge is -2.40. The minimum Gasteiger partial charge on any atom is -0.372 e. The molecule has 3 unspecified atom stereocenters. The molecule has 0 saturated heterocycles. The summed E-state index contributed by atoms with van der Waals surface area (Å²) in [6.07, 6.45) is -0.132. The van der Waals surface area contributed by atoms with Gasteiger partial charge in [0.05, 0.1) is 0 Å². The molecule has 0 amide bonds. The highest BCUT2D eigenvalue weighted by Crippen LogP contribution is 2.43. The number of hydrogen-bond donors (Lipinski definition) is 0. The summed E-state index contributed by atoms with van der Waals surface area (Å²) in [7, 11) is 0. The third kappa shape index (κ3) is 6.48. The van der Waals surface area contributed by atoms with Gasteiger partial charge in [-0.25, -0.2) is 0 Å². The SMILES string of the molecule is CC(C)(C)C1CCC(Br)C(CCOCC(F)(F)F)C1. The molecular weight excluding hydrogens is 321 g/mol. The molecule has 0 aromatic carbocycles. The van der Waals surface area contributed by atoms with Crippen molar-refractivity contribution in [2.75, 3.05) is 13.2 Å². The van der Waals surface area contributed by atoms with E-state index in [1.165, 1.54) is 6.42 Å². The molecule has 0 bridgehead atoms. The van der Waals surface area contributed by atoms with E-state index < -0.39 is 12.8 Å². The molecule has 1 aliphatic carbocycles. The molecule has 3 atom stereocenters. The van der Waals surface area contributed by atoms with E-state index in [4.69, 9.17) is 4.74 Å². The highest BCUT2D eigenvalue weighted by Gasteiger charge is 2.35. The van der Waals surface area contributed by atoms with Crippen molar-refractivity contribution in [2.45, 2.75) is 57.5 Å². The Morgan fingerprint density at radius 3 is 2.32 bits per heavy atom. The van der Waals surface area contributed by atoms with Gasteiger partial charge < -0.3 is 4.74 Å². The highest BCUT2D eigenvalue weighted by atomic mass is 79.9. The second-order valence-corrected chi connectivity index (χ2v) is 7.78. The summed E-state index contributed by atoms with van der Waals surface area (Å²) >= 11 is 3.66. The molecule has 1 rings (SSSR count). The van der Waals surface area contributed by atoms with Crippen molar-refractivity contribution in [1.29, 1.82) is 0 Å². The molecule has 0 aliphatic heterocycles. The topological polar surface area (TPSA) is 9.23 Å². The van der Waals surface area contributed by atoms with E-state index in [0.717, 1.165) is 12.8 Å². The van der Waals surface area contributed by atoms with E-state index in [2.05, 4.69) is 36.7 Å². The van der Waals surface area contributed by atoms with Gasteiger partial charge in [-0.2, -0.15) is 13.2 Å². The first kappa shape index (κ1) is 17.3. The summed E-state index contributed by atoms with van der Waals surface area (Å²) in [5, 5.41) is 0. The van der Waals surface area contributed by atoms with Gasteiger partial charge in [-0.15, -0.1) is 0 Å². The Kier molecular flexibility index (Phi) is 6.18. The Morgan fingerprint density at radius 1 is 1.16 bits per heavy atom. The van der Waals surface area contributed by atoms with Crippen molar-refractivity contribution >= 4 is 15.9 Å². The van der Waals surface area contributed by atoms with Gasteiger partial charge >= 0.3 is 6.18 Å². The second kappa shape index (κ2) is 6.79. The van der Waals surface area contributed by atoms with Gasteiger partial charge in [0.25, 0.3) is 0 Å². The van der Waals surface area contributed by atoms with Crippen LogP contribution < -0.4 is 0 Å². The first-order chi connectivity index (χ1) is 8.59. The van der Waals surface area contributed by atoms with Crippen LogP contribution in [0.1, 0.15) is 46.5 Å².